The standard InChI is InChI=1S/C25H27N3O2/c1-20(25(30)27-18-23-14-8-9-17-26-23)28(19-22-12-6-3-7-13-22)24(29)16-15-21-10-4-2-5-11-21/h2-14,17,20H,15-16,18-19H2,1H3,(H,27,30). The summed E-state index contributed by atoms with van der Waals surface area (Å²) in [6.45, 7) is 2.51. The van der Waals surface area contributed by atoms with E-state index >= 15 is 0 Å². The van der Waals surface area contributed by atoms with Crippen molar-refractivity contribution < 1.29 is 9.59 Å². The quantitative estimate of drug-likeness (QED) is 0.594. The first-order valence-corrected chi connectivity index (χ1v) is 10.2. The van der Waals surface area contributed by atoms with E-state index < -0.39 is 6.04 Å². The highest BCUT2D eigenvalue weighted by atomic mass is 16.2. The summed E-state index contributed by atoms with van der Waals surface area (Å²) < 4.78 is 0. The molecule has 3 aromatic rings. The van der Waals surface area contributed by atoms with Crippen molar-refractivity contribution in [3.05, 3.63) is 102 Å². The SMILES string of the molecule is CC(C(=O)NCc1ccccn1)N(Cc1ccccc1)C(=O)CCc1ccccc1. The minimum atomic E-state index is -0.586. The molecule has 0 bridgehead atoms. The summed E-state index contributed by atoms with van der Waals surface area (Å²) >= 11 is 0. The number of benzene rings is 2. The van der Waals surface area contributed by atoms with Crippen molar-refractivity contribution in [2.24, 2.45) is 0 Å². The number of hydrogen-bond acceptors (Lipinski definition) is 3. The van der Waals surface area contributed by atoms with E-state index in [9.17, 15) is 9.59 Å². The van der Waals surface area contributed by atoms with Gasteiger partial charge in [0.05, 0.1) is 12.2 Å². The van der Waals surface area contributed by atoms with E-state index in [1.807, 2.05) is 78.9 Å². The van der Waals surface area contributed by atoms with Crippen molar-refractivity contribution >= 4 is 11.8 Å². The minimum Gasteiger partial charge on any atom is -0.349 e. The number of amides is 2. The first kappa shape index (κ1) is 21.2. The predicted octanol–water partition coefficient (Wildman–Crippen LogP) is 3.75. The number of aryl methyl sites for hydroxylation is 1. The zero-order valence-corrected chi connectivity index (χ0v) is 17.2. The fourth-order valence-corrected chi connectivity index (χ4v) is 3.23. The van der Waals surface area contributed by atoms with Gasteiger partial charge < -0.3 is 10.2 Å². The Morgan fingerprint density at radius 3 is 2.17 bits per heavy atom. The van der Waals surface area contributed by atoms with Crippen LogP contribution in [0.25, 0.3) is 0 Å². The molecule has 0 aliphatic rings. The molecule has 0 fully saturated rings. The van der Waals surface area contributed by atoms with E-state index in [-0.39, 0.29) is 11.8 Å². The number of carbonyl (C=O) groups is 2. The monoisotopic (exact) mass is 401 g/mol. The first-order chi connectivity index (χ1) is 14.6. The van der Waals surface area contributed by atoms with Crippen molar-refractivity contribution in [3.63, 3.8) is 0 Å². The maximum Gasteiger partial charge on any atom is 0.242 e. The Labute approximate surface area is 177 Å². The lowest BCUT2D eigenvalue weighted by Gasteiger charge is -2.29. The average molecular weight is 402 g/mol. The van der Waals surface area contributed by atoms with Crippen molar-refractivity contribution in [1.82, 2.24) is 15.2 Å². The maximum atomic E-state index is 13.1. The molecule has 0 saturated heterocycles. The van der Waals surface area contributed by atoms with Gasteiger partial charge in [-0.15, -0.1) is 0 Å². The summed E-state index contributed by atoms with van der Waals surface area (Å²) in [6, 6.07) is 24.7. The van der Waals surface area contributed by atoms with Crippen LogP contribution in [0.3, 0.4) is 0 Å². The van der Waals surface area contributed by atoms with Crippen LogP contribution in [-0.2, 0) is 29.1 Å². The zero-order valence-electron chi connectivity index (χ0n) is 17.2. The van der Waals surface area contributed by atoms with E-state index in [0.717, 1.165) is 16.8 Å². The van der Waals surface area contributed by atoms with Crippen LogP contribution >= 0.6 is 0 Å². The predicted molar refractivity (Wildman–Crippen MR) is 117 cm³/mol. The molecule has 1 heterocycles. The Hall–Kier alpha value is -3.47. The van der Waals surface area contributed by atoms with Crippen molar-refractivity contribution in [3.8, 4) is 0 Å². The third-order valence-corrected chi connectivity index (χ3v) is 5.00. The van der Waals surface area contributed by atoms with Gasteiger partial charge >= 0.3 is 0 Å². The van der Waals surface area contributed by atoms with Crippen LogP contribution in [0.4, 0.5) is 0 Å². The molecule has 0 aliphatic heterocycles. The summed E-state index contributed by atoms with van der Waals surface area (Å²) in [7, 11) is 0. The zero-order chi connectivity index (χ0) is 21.2. The molecule has 30 heavy (non-hydrogen) atoms. The highest BCUT2D eigenvalue weighted by Crippen LogP contribution is 2.13. The largest absolute Gasteiger partial charge is 0.349 e. The van der Waals surface area contributed by atoms with Gasteiger partial charge in [0.15, 0.2) is 0 Å². The number of nitrogens with one attached hydrogen (secondary N) is 1. The highest BCUT2D eigenvalue weighted by molar-refractivity contribution is 5.87. The second-order valence-electron chi connectivity index (χ2n) is 7.21. The van der Waals surface area contributed by atoms with Crippen LogP contribution in [0.15, 0.2) is 85.1 Å². The highest BCUT2D eigenvalue weighted by Gasteiger charge is 2.25. The molecule has 0 radical (unpaired) electrons. The Kier molecular flexibility index (Phi) is 7.72. The topological polar surface area (TPSA) is 62.3 Å². The molecule has 2 amide bonds. The van der Waals surface area contributed by atoms with E-state index in [1.165, 1.54) is 0 Å². The number of nitrogens with zero attached hydrogens (tertiary/aromatic N) is 2. The van der Waals surface area contributed by atoms with Gasteiger partial charge in [-0.25, -0.2) is 0 Å². The lowest BCUT2D eigenvalue weighted by Crippen LogP contribution is -2.47. The molecule has 5 heteroatoms. The minimum absolute atomic E-state index is 0.0387. The molecular formula is C25H27N3O2. The second-order valence-corrected chi connectivity index (χ2v) is 7.21. The van der Waals surface area contributed by atoms with Crippen molar-refractivity contribution in [2.45, 2.75) is 38.9 Å². The molecule has 1 aromatic heterocycles. The van der Waals surface area contributed by atoms with Crippen LogP contribution in [0, 0.1) is 0 Å². The maximum absolute atomic E-state index is 13.1. The van der Waals surface area contributed by atoms with E-state index in [0.29, 0.717) is 25.9 Å². The lowest BCUT2D eigenvalue weighted by atomic mass is 10.1. The van der Waals surface area contributed by atoms with Crippen LogP contribution < -0.4 is 5.32 Å². The Bertz CT molecular complexity index is 930. The van der Waals surface area contributed by atoms with Gasteiger partial charge in [0.2, 0.25) is 11.8 Å². The first-order valence-electron chi connectivity index (χ1n) is 10.2. The number of carbonyl (C=O) groups excluding carboxylic acids is 2. The number of hydrogen-bond donors (Lipinski definition) is 1. The molecule has 5 nitrogen and oxygen atoms in total. The van der Waals surface area contributed by atoms with Gasteiger partial charge in [-0.1, -0.05) is 66.7 Å². The molecule has 0 spiro atoms. The summed E-state index contributed by atoms with van der Waals surface area (Å²) in [5, 5.41) is 2.90. The summed E-state index contributed by atoms with van der Waals surface area (Å²) in [6.07, 6.45) is 2.70. The van der Waals surface area contributed by atoms with E-state index in [4.69, 9.17) is 0 Å². The third-order valence-electron chi connectivity index (χ3n) is 5.00. The summed E-state index contributed by atoms with van der Waals surface area (Å²) in [5.74, 6) is -0.229. The van der Waals surface area contributed by atoms with Gasteiger partial charge in [0.25, 0.3) is 0 Å². The van der Waals surface area contributed by atoms with Crippen LogP contribution in [0.5, 0.6) is 0 Å². The van der Waals surface area contributed by atoms with Crippen molar-refractivity contribution in [2.75, 3.05) is 0 Å². The smallest absolute Gasteiger partial charge is 0.242 e. The van der Waals surface area contributed by atoms with Gasteiger partial charge in [0.1, 0.15) is 6.04 Å². The van der Waals surface area contributed by atoms with Crippen LogP contribution in [0.2, 0.25) is 0 Å². The molecule has 2 aromatic carbocycles. The average Bonchev–Trinajstić information content (AvgIpc) is 2.81. The summed E-state index contributed by atoms with van der Waals surface area (Å²) in [5.41, 5.74) is 2.88. The Morgan fingerprint density at radius 1 is 0.900 bits per heavy atom. The van der Waals surface area contributed by atoms with Crippen molar-refractivity contribution in [1.29, 1.82) is 0 Å². The molecule has 0 aliphatic carbocycles. The van der Waals surface area contributed by atoms with Gasteiger partial charge in [-0.3, -0.25) is 14.6 Å². The van der Waals surface area contributed by atoms with E-state index in [1.54, 1.807) is 18.0 Å². The Balaban J connectivity index is 1.67. The molecule has 0 saturated carbocycles. The van der Waals surface area contributed by atoms with E-state index in [2.05, 4.69) is 10.3 Å². The second kappa shape index (κ2) is 10.9. The van der Waals surface area contributed by atoms with Gasteiger partial charge in [-0.05, 0) is 36.6 Å². The molecular weight excluding hydrogens is 374 g/mol. The fourth-order valence-electron chi connectivity index (χ4n) is 3.23. The van der Waals surface area contributed by atoms with Gasteiger partial charge in [-0.2, -0.15) is 0 Å². The molecule has 154 valence electrons. The molecule has 3 rings (SSSR count). The Morgan fingerprint density at radius 2 is 1.53 bits per heavy atom. The molecule has 1 atom stereocenters. The van der Waals surface area contributed by atoms with Crippen LogP contribution in [-0.4, -0.2) is 27.7 Å². The summed E-state index contributed by atoms with van der Waals surface area (Å²) in [4.78, 5) is 31.8. The fraction of sp³-hybridized carbons (Fsp3) is 0.240. The lowest BCUT2D eigenvalue weighted by molar-refractivity contribution is -0.140. The number of aromatic nitrogens is 1. The van der Waals surface area contributed by atoms with Gasteiger partial charge in [0, 0.05) is 19.2 Å². The normalized spacial score (nSPS) is 11.5. The molecule has 1 N–H and O–H groups in total. The van der Waals surface area contributed by atoms with Crippen LogP contribution in [0.1, 0.15) is 30.2 Å². The third kappa shape index (κ3) is 6.27. The number of rotatable bonds is 9. The number of pyridine rings is 1. The molecule has 1 unspecified atom stereocenters.